The second kappa shape index (κ2) is 5.62. The van der Waals surface area contributed by atoms with Crippen LogP contribution in [-0.4, -0.2) is 36.6 Å². The molecule has 1 atom stereocenters. The Morgan fingerprint density at radius 1 is 1.40 bits per heavy atom. The van der Waals surface area contributed by atoms with Gasteiger partial charge in [0.2, 0.25) is 0 Å². The molecule has 0 bridgehead atoms. The van der Waals surface area contributed by atoms with E-state index in [4.69, 9.17) is 22.1 Å². The maximum atomic E-state index is 12.7. The van der Waals surface area contributed by atoms with Crippen molar-refractivity contribution in [1.29, 1.82) is 0 Å². The molecule has 0 radical (unpaired) electrons. The fraction of sp³-hybridized carbons (Fsp3) is 0.533. The summed E-state index contributed by atoms with van der Waals surface area (Å²) in [7, 11) is 0. The smallest absolute Gasteiger partial charge is 0.254 e. The van der Waals surface area contributed by atoms with Crippen molar-refractivity contribution in [3.63, 3.8) is 0 Å². The predicted octanol–water partition coefficient (Wildman–Crippen LogP) is 2.56. The van der Waals surface area contributed by atoms with E-state index in [0.29, 0.717) is 28.2 Å². The SMILES string of the molecule is Nc1ccc(C(=O)N(CC2CCOC2)C2CC2)cc1Cl. The van der Waals surface area contributed by atoms with Crippen LogP contribution in [0, 0.1) is 5.92 Å². The van der Waals surface area contributed by atoms with Gasteiger partial charge in [-0.25, -0.2) is 0 Å². The first-order chi connectivity index (χ1) is 9.65. The fourth-order valence-electron chi connectivity index (χ4n) is 2.62. The number of anilines is 1. The molecule has 1 aromatic carbocycles. The highest BCUT2D eigenvalue weighted by atomic mass is 35.5. The average Bonchev–Trinajstić information content (AvgIpc) is 3.15. The number of rotatable bonds is 4. The molecule has 1 saturated carbocycles. The van der Waals surface area contributed by atoms with Crippen LogP contribution in [0.15, 0.2) is 18.2 Å². The summed E-state index contributed by atoms with van der Waals surface area (Å²) >= 11 is 6.01. The normalized spacial score (nSPS) is 21.9. The molecule has 0 aromatic heterocycles. The summed E-state index contributed by atoms with van der Waals surface area (Å²) in [4.78, 5) is 14.7. The van der Waals surface area contributed by atoms with Gasteiger partial charge in [0.1, 0.15) is 0 Å². The van der Waals surface area contributed by atoms with Crippen molar-refractivity contribution in [2.75, 3.05) is 25.5 Å². The van der Waals surface area contributed by atoms with E-state index in [1.807, 2.05) is 4.90 Å². The third kappa shape index (κ3) is 2.91. The first-order valence-corrected chi connectivity index (χ1v) is 7.46. The van der Waals surface area contributed by atoms with Gasteiger partial charge in [-0.2, -0.15) is 0 Å². The fourth-order valence-corrected chi connectivity index (χ4v) is 2.80. The molecular weight excluding hydrogens is 276 g/mol. The van der Waals surface area contributed by atoms with Gasteiger partial charge in [-0.3, -0.25) is 4.79 Å². The number of nitrogens with zero attached hydrogens (tertiary/aromatic N) is 1. The summed E-state index contributed by atoms with van der Waals surface area (Å²) in [5.74, 6) is 0.519. The van der Waals surface area contributed by atoms with Gasteiger partial charge in [0.15, 0.2) is 0 Å². The van der Waals surface area contributed by atoms with Gasteiger partial charge in [-0.15, -0.1) is 0 Å². The summed E-state index contributed by atoms with van der Waals surface area (Å²) in [6, 6.07) is 5.50. The highest BCUT2D eigenvalue weighted by molar-refractivity contribution is 6.33. The van der Waals surface area contributed by atoms with E-state index in [1.165, 1.54) is 0 Å². The Labute approximate surface area is 123 Å². The molecule has 2 fully saturated rings. The number of amides is 1. The Bertz CT molecular complexity index is 511. The number of nitrogen functional groups attached to an aromatic ring is 1. The van der Waals surface area contributed by atoms with Crippen molar-refractivity contribution in [3.05, 3.63) is 28.8 Å². The molecule has 5 heteroatoms. The second-order valence-corrected chi connectivity index (χ2v) is 6.06. The number of carbonyl (C=O) groups is 1. The van der Waals surface area contributed by atoms with Gasteiger partial charge in [0.25, 0.3) is 5.91 Å². The number of hydrogen-bond donors (Lipinski definition) is 1. The van der Waals surface area contributed by atoms with Crippen LogP contribution in [0.5, 0.6) is 0 Å². The van der Waals surface area contributed by atoms with E-state index in [2.05, 4.69) is 0 Å². The van der Waals surface area contributed by atoms with Crippen LogP contribution >= 0.6 is 11.6 Å². The minimum absolute atomic E-state index is 0.0568. The van der Waals surface area contributed by atoms with Crippen molar-refractivity contribution in [2.24, 2.45) is 5.92 Å². The molecule has 4 nitrogen and oxygen atoms in total. The summed E-state index contributed by atoms with van der Waals surface area (Å²) in [6.45, 7) is 2.36. The second-order valence-electron chi connectivity index (χ2n) is 5.65. The van der Waals surface area contributed by atoms with Crippen LogP contribution in [0.2, 0.25) is 5.02 Å². The molecule has 1 saturated heterocycles. The van der Waals surface area contributed by atoms with Crippen molar-refractivity contribution < 1.29 is 9.53 Å². The van der Waals surface area contributed by atoms with Gasteiger partial charge >= 0.3 is 0 Å². The number of halogens is 1. The lowest BCUT2D eigenvalue weighted by atomic mass is 10.1. The highest BCUT2D eigenvalue weighted by Crippen LogP contribution is 2.31. The minimum Gasteiger partial charge on any atom is -0.398 e. The monoisotopic (exact) mass is 294 g/mol. The lowest BCUT2D eigenvalue weighted by molar-refractivity contribution is 0.0706. The zero-order valence-corrected chi connectivity index (χ0v) is 12.1. The van der Waals surface area contributed by atoms with Gasteiger partial charge in [-0.05, 0) is 37.5 Å². The number of carbonyl (C=O) groups excluding carboxylic acids is 1. The summed E-state index contributed by atoms with van der Waals surface area (Å²) in [6.07, 6.45) is 3.24. The van der Waals surface area contributed by atoms with E-state index in [9.17, 15) is 4.79 Å². The van der Waals surface area contributed by atoms with E-state index in [1.54, 1.807) is 18.2 Å². The summed E-state index contributed by atoms with van der Waals surface area (Å²) < 4.78 is 5.40. The van der Waals surface area contributed by atoms with Crippen LogP contribution in [0.1, 0.15) is 29.6 Å². The standard InChI is InChI=1S/C15H19ClN2O2/c16-13-7-11(1-4-14(13)17)15(19)18(12-2-3-12)8-10-5-6-20-9-10/h1,4,7,10,12H,2-3,5-6,8-9,17H2. The highest BCUT2D eigenvalue weighted by Gasteiger charge is 2.35. The quantitative estimate of drug-likeness (QED) is 0.868. The molecular formula is C15H19ClN2O2. The lowest BCUT2D eigenvalue weighted by Crippen LogP contribution is -2.37. The van der Waals surface area contributed by atoms with E-state index in [0.717, 1.165) is 39.0 Å². The van der Waals surface area contributed by atoms with E-state index in [-0.39, 0.29) is 5.91 Å². The minimum atomic E-state index is 0.0568. The Kier molecular flexibility index (Phi) is 3.85. The number of nitrogens with two attached hydrogens (primary N) is 1. The Hall–Kier alpha value is -1.26. The molecule has 1 aromatic rings. The first-order valence-electron chi connectivity index (χ1n) is 7.09. The first kappa shape index (κ1) is 13.7. The van der Waals surface area contributed by atoms with Crippen molar-refractivity contribution >= 4 is 23.2 Å². The Morgan fingerprint density at radius 2 is 2.20 bits per heavy atom. The van der Waals surface area contributed by atoms with Crippen LogP contribution < -0.4 is 5.73 Å². The maximum Gasteiger partial charge on any atom is 0.254 e. The zero-order chi connectivity index (χ0) is 14.1. The molecule has 1 aliphatic carbocycles. The summed E-state index contributed by atoms with van der Waals surface area (Å²) in [5, 5.41) is 0.441. The molecule has 0 spiro atoms. The van der Waals surface area contributed by atoms with Crippen molar-refractivity contribution in [3.8, 4) is 0 Å². The van der Waals surface area contributed by atoms with Gasteiger partial charge in [-0.1, -0.05) is 11.6 Å². The largest absolute Gasteiger partial charge is 0.398 e. The molecule has 1 amide bonds. The third-order valence-electron chi connectivity index (χ3n) is 3.97. The molecule has 1 unspecified atom stereocenters. The molecule has 2 N–H and O–H groups in total. The van der Waals surface area contributed by atoms with Crippen molar-refractivity contribution in [2.45, 2.75) is 25.3 Å². The molecule has 1 aliphatic heterocycles. The topological polar surface area (TPSA) is 55.6 Å². The van der Waals surface area contributed by atoms with E-state index >= 15 is 0 Å². The Balaban J connectivity index is 1.75. The molecule has 108 valence electrons. The van der Waals surface area contributed by atoms with Crippen LogP contribution in [0.3, 0.4) is 0 Å². The van der Waals surface area contributed by atoms with Gasteiger partial charge in [0, 0.05) is 30.7 Å². The van der Waals surface area contributed by atoms with Crippen molar-refractivity contribution in [1.82, 2.24) is 4.90 Å². The average molecular weight is 295 g/mol. The number of benzene rings is 1. The van der Waals surface area contributed by atoms with Crippen LogP contribution in [0.4, 0.5) is 5.69 Å². The number of ether oxygens (including phenoxy) is 1. The van der Waals surface area contributed by atoms with Gasteiger partial charge < -0.3 is 15.4 Å². The van der Waals surface area contributed by atoms with E-state index < -0.39 is 0 Å². The molecule has 1 heterocycles. The predicted molar refractivity (Wildman–Crippen MR) is 78.8 cm³/mol. The van der Waals surface area contributed by atoms with Crippen LogP contribution in [-0.2, 0) is 4.74 Å². The van der Waals surface area contributed by atoms with Crippen LogP contribution in [0.25, 0.3) is 0 Å². The maximum absolute atomic E-state index is 12.7. The molecule has 2 aliphatic rings. The zero-order valence-electron chi connectivity index (χ0n) is 11.3. The Morgan fingerprint density at radius 3 is 2.80 bits per heavy atom. The molecule has 3 rings (SSSR count). The third-order valence-corrected chi connectivity index (χ3v) is 4.30. The lowest BCUT2D eigenvalue weighted by Gasteiger charge is -2.25. The number of hydrogen-bond acceptors (Lipinski definition) is 3. The van der Waals surface area contributed by atoms with Gasteiger partial charge in [0.05, 0.1) is 17.3 Å². The molecule has 20 heavy (non-hydrogen) atoms. The summed E-state index contributed by atoms with van der Waals surface area (Å²) in [5.41, 5.74) is 6.82.